The van der Waals surface area contributed by atoms with Crippen LogP contribution < -0.4 is 33.2 Å². The van der Waals surface area contributed by atoms with Gasteiger partial charge in [-0.15, -0.1) is 0 Å². The molecule has 12 N–H and O–H groups in total. The van der Waals surface area contributed by atoms with Gasteiger partial charge in [-0.25, -0.2) is 4.79 Å². The molecule has 2 aromatic rings. The number of carboxylic acids is 1. The molecule has 0 bridgehead atoms. The highest BCUT2D eigenvalue weighted by Crippen LogP contribution is 2.13. The summed E-state index contributed by atoms with van der Waals surface area (Å²) in [4.78, 5) is 55.0. The van der Waals surface area contributed by atoms with Crippen molar-refractivity contribution in [2.45, 2.75) is 62.9 Å². The van der Waals surface area contributed by atoms with Crippen LogP contribution in [-0.4, -0.2) is 81.8 Å². The van der Waals surface area contributed by atoms with E-state index in [1.54, 1.807) is 30.3 Å². The zero-order valence-corrected chi connectivity index (χ0v) is 23.3. The number of phenols is 1. The lowest BCUT2D eigenvalue weighted by molar-refractivity contribution is -0.142. The molecule has 0 saturated carbocycles. The van der Waals surface area contributed by atoms with Gasteiger partial charge in [-0.05, 0) is 43.0 Å². The number of amides is 3. The second-order valence-electron chi connectivity index (χ2n) is 9.80. The lowest BCUT2D eigenvalue weighted by Crippen LogP contribution is -2.60. The molecule has 0 aliphatic carbocycles. The van der Waals surface area contributed by atoms with E-state index in [1.807, 2.05) is 0 Å². The summed E-state index contributed by atoms with van der Waals surface area (Å²) >= 11 is 0. The Morgan fingerprint density at radius 2 is 1.40 bits per heavy atom. The van der Waals surface area contributed by atoms with Gasteiger partial charge < -0.3 is 48.5 Å². The van der Waals surface area contributed by atoms with Crippen LogP contribution in [0.1, 0.15) is 30.9 Å². The molecule has 5 unspecified atom stereocenters. The number of benzene rings is 2. The number of hydrogen-bond acceptors (Lipinski definition) is 8. The summed E-state index contributed by atoms with van der Waals surface area (Å²) in [5, 5.41) is 37.0. The van der Waals surface area contributed by atoms with Crippen molar-refractivity contribution in [1.29, 1.82) is 0 Å². The Morgan fingerprint density at radius 3 is 1.98 bits per heavy atom. The van der Waals surface area contributed by atoms with Gasteiger partial charge in [0, 0.05) is 19.4 Å². The number of nitrogens with one attached hydrogen (secondary N) is 3. The quantitative estimate of drug-likeness (QED) is 0.0624. The minimum atomic E-state index is -1.48. The van der Waals surface area contributed by atoms with Crippen molar-refractivity contribution in [2.24, 2.45) is 22.2 Å². The Kier molecular flexibility index (Phi) is 13.2. The van der Waals surface area contributed by atoms with E-state index < -0.39 is 54.0 Å². The van der Waals surface area contributed by atoms with Gasteiger partial charge >= 0.3 is 5.97 Å². The number of aromatic hydroxyl groups is 1. The van der Waals surface area contributed by atoms with Crippen molar-refractivity contribution in [2.75, 3.05) is 6.54 Å². The number of guanidine groups is 1. The first-order valence-electron chi connectivity index (χ1n) is 13.3. The van der Waals surface area contributed by atoms with Gasteiger partial charge in [0.25, 0.3) is 0 Å². The molecule has 42 heavy (non-hydrogen) atoms. The minimum absolute atomic E-state index is 0.00474. The van der Waals surface area contributed by atoms with Crippen LogP contribution in [0.4, 0.5) is 0 Å². The normalized spacial score (nSPS) is 14.4. The smallest absolute Gasteiger partial charge is 0.326 e. The van der Waals surface area contributed by atoms with E-state index in [-0.39, 0.29) is 37.5 Å². The van der Waals surface area contributed by atoms with E-state index in [0.717, 1.165) is 0 Å². The molecular formula is C28H39N7O7. The lowest BCUT2D eigenvalue weighted by atomic mass is 10.0. The number of aliphatic carboxylic acids is 1. The SMILES string of the molecule is CC(O)C(NC(=O)C(N)CCCN=C(N)N)C(=O)NC(Cc1ccc(O)cc1)C(=O)NC(Cc1ccccc1)C(=O)O. The number of nitrogens with two attached hydrogens (primary N) is 3. The number of carbonyl (C=O) groups is 4. The number of nitrogens with zero attached hydrogens (tertiary/aromatic N) is 1. The number of aliphatic hydroxyl groups is 1. The molecule has 2 rings (SSSR count). The van der Waals surface area contributed by atoms with Crippen molar-refractivity contribution >= 4 is 29.7 Å². The number of rotatable bonds is 16. The van der Waals surface area contributed by atoms with Crippen LogP contribution in [0.3, 0.4) is 0 Å². The Hall–Kier alpha value is -4.69. The maximum atomic E-state index is 13.3. The fourth-order valence-electron chi connectivity index (χ4n) is 3.98. The fourth-order valence-corrected chi connectivity index (χ4v) is 3.98. The molecule has 228 valence electrons. The van der Waals surface area contributed by atoms with Crippen molar-refractivity contribution in [3.63, 3.8) is 0 Å². The first-order chi connectivity index (χ1) is 19.9. The molecule has 0 aliphatic heterocycles. The van der Waals surface area contributed by atoms with Crippen molar-refractivity contribution in [1.82, 2.24) is 16.0 Å². The van der Waals surface area contributed by atoms with Gasteiger partial charge in [-0.1, -0.05) is 42.5 Å². The van der Waals surface area contributed by atoms with Gasteiger partial charge in [-0.3, -0.25) is 19.4 Å². The summed E-state index contributed by atoms with van der Waals surface area (Å²) in [7, 11) is 0. The highest BCUT2D eigenvalue weighted by Gasteiger charge is 2.32. The fraction of sp³-hybridized carbons (Fsp3) is 0.393. The molecule has 0 aromatic heterocycles. The third kappa shape index (κ3) is 11.4. The monoisotopic (exact) mass is 585 g/mol. The summed E-state index contributed by atoms with van der Waals surface area (Å²) in [6, 6.07) is 9.46. The number of phenolic OH excluding ortho intramolecular Hbond substituents is 1. The van der Waals surface area contributed by atoms with Gasteiger partial charge in [-0.2, -0.15) is 0 Å². The van der Waals surface area contributed by atoms with Crippen LogP contribution in [0.2, 0.25) is 0 Å². The number of carbonyl (C=O) groups excluding carboxylic acids is 3. The Bertz CT molecular complexity index is 1220. The Balaban J connectivity index is 2.19. The van der Waals surface area contributed by atoms with Crippen molar-refractivity contribution < 1.29 is 34.5 Å². The van der Waals surface area contributed by atoms with E-state index in [2.05, 4.69) is 20.9 Å². The molecule has 0 radical (unpaired) electrons. The minimum Gasteiger partial charge on any atom is -0.508 e. The number of aliphatic imine (C=N–C) groups is 1. The molecule has 0 saturated heterocycles. The van der Waals surface area contributed by atoms with E-state index in [4.69, 9.17) is 17.2 Å². The number of aliphatic hydroxyl groups excluding tert-OH is 1. The average Bonchev–Trinajstić information content (AvgIpc) is 2.94. The average molecular weight is 586 g/mol. The van der Waals surface area contributed by atoms with E-state index in [0.29, 0.717) is 17.5 Å². The zero-order chi connectivity index (χ0) is 31.2. The topological polar surface area (TPSA) is 255 Å². The Labute approximate surface area is 243 Å². The molecule has 3 amide bonds. The van der Waals surface area contributed by atoms with Crippen molar-refractivity contribution in [3.8, 4) is 5.75 Å². The van der Waals surface area contributed by atoms with E-state index in [9.17, 15) is 34.5 Å². The molecule has 0 aliphatic rings. The summed E-state index contributed by atoms with van der Waals surface area (Å²) in [6.07, 6.45) is -0.874. The predicted octanol–water partition coefficient (Wildman–Crippen LogP) is -1.52. The van der Waals surface area contributed by atoms with Crippen LogP contribution >= 0.6 is 0 Å². The van der Waals surface area contributed by atoms with Crippen LogP contribution in [0.5, 0.6) is 5.75 Å². The Morgan fingerprint density at radius 1 is 0.833 bits per heavy atom. The lowest BCUT2D eigenvalue weighted by Gasteiger charge is -2.26. The summed E-state index contributed by atoms with van der Waals surface area (Å²) < 4.78 is 0. The molecule has 0 heterocycles. The van der Waals surface area contributed by atoms with Crippen molar-refractivity contribution in [3.05, 3.63) is 65.7 Å². The molecular weight excluding hydrogens is 546 g/mol. The second kappa shape index (κ2) is 16.5. The number of hydrogen-bond donors (Lipinski definition) is 9. The van der Waals surface area contributed by atoms with E-state index >= 15 is 0 Å². The molecule has 5 atom stereocenters. The van der Waals surface area contributed by atoms with Gasteiger partial charge in [0.05, 0.1) is 12.1 Å². The highest BCUT2D eigenvalue weighted by atomic mass is 16.4. The third-order valence-corrected chi connectivity index (χ3v) is 6.27. The largest absolute Gasteiger partial charge is 0.508 e. The summed E-state index contributed by atoms with van der Waals surface area (Å²) in [6.45, 7) is 1.53. The maximum absolute atomic E-state index is 13.3. The standard InChI is InChI=1S/C28H39N7O7/c1-16(36)23(35-24(38)20(29)8-5-13-32-28(30)31)26(40)33-21(14-18-9-11-19(37)12-10-18)25(39)34-22(27(41)42)15-17-6-3-2-4-7-17/h2-4,6-7,9-12,16,20-23,36-37H,5,8,13-15,29H2,1H3,(H,33,40)(H,34,39)(H,35,38)(H,41,42)(H4,30,31,32). The zero-order valence-electron chi connectivity index (χ0n) is 23.3. The predicted molar refractivity (Wildman–Crippen MR) is 155 cm³/mol. The van der Waals surface area contributed by atoms with Gasteiger partial charge in [0.1, 0.15) is 23.9 Å². The molecule has 14 heteroatoms. The summed E-state index contributed by atoms with van der Waals surface area (Å²) in [5.74, 6) is -3.78. The maximum Gasteiger partial charge on any atom is 0.326 e. The molecule has 0 fully saturated rings. The van der Waals surface area contributed by atoms with Gasteiger partial charge in [0.15, 0.2) is 5.96 Å². The van der Waals surface area contributed by atoms with Crippen LogP contribution in [0.15, 0.2) is 59.6 Å². The molecule has 2 aromatic carbocycles. The second-order valence-corrected chi connectivity index (χ2v) is 9.80. The third-order valence-electron chi connectivity index (χ3n) is 6.27. The van der Waals surface area contributed by atoms with Crippen LogP contribution in [0.25, 0.3) is 0 Å². The first kappa shape index (κ1) is 33.5. The van der Waals surface area contributed by atoms with Gasteiger partial charge in [0.2, 0.25) is 17.7 Å². The molecule has 14 nitrogen and oxygen atoms in total. The van der Waals surface area contributed by atoms with E-state index in [1.165, 1.54) is 31.2 Å². The number of carboxylic acid groups (broad SMARTS) is 1. The molecule has 0 spiro atoms. The van der Waals surface area contributed by atoms with Crippen LogP contribution in [0, 0.1) is 0 Å². The van der Waals surface area contributed by atoms with Crippen LogP contribution in [-0.2, 0) is 32.0 Å². The summed E-state index contributed by atoms with van der Waals surface area (Å²) in [5.41, 5.74) is 17.7. The highest BCUT2D eigenvalue weighted by molar-refractivity contribution is 5.94. The first-order valence-corrected chi connectivity index (χ1v) is 13.3.